The molecule has 1 aromatic heterocycles. The molecule has 0 saturated heterocycles. The molecule has 0 aliphatic heterocycles. The molecule has 6 nitrogen and oxygen atoms in total. The standard InChI is InChI=1S/C21H22N4O2/c1-14-18(16-8-10-17(11-9-16)23-21(26)27-2)13-20(25-24-14)19(22)12-15-6-4-3-5-7-15/h3-11,13,19H,12,22H2,1-2H3,(H,23,26)/t19-/m0/s1. The van der Waals surface area contributed by atoms with Crippen molar-refractivity contribution in [2.24, 2.45) is 5.73 Å². The summed E-state index contributed by atoms with van der Waals surface area (Å²) in [6.07, 6.45) is 0.193. The number of rotatable bonds is 5. The first-order valence-electron chi connectivity index (χ1n) is 8.66. The molecule has 0 aliphatic carbocycles. The Morgan fingerprint density at radius 1 is 1.11 bits per heavy atom. The van der Waals surface area contributed by atoms with Crippen molar-refractivity contribution in [3.8, 4) is 11.1 Å². The van der Waals surface area contributed by atoms with Gasteiger partial charge < -0.3 is 10.5 Å². The second-order valence-corrected chi connectivity index (χ2v) is 6.26. The van der Waals surface area contributed by atoms with Gasteiger partial charge in [-0.05, 0) is 42.7 Å². The normalized spacial score (nSPS) is 11.7. The smallest absolute Gasteiger partial charge is 0.411 e. The molecule has 0 aliphatic rings. The van der Waals surface area contributed by atoms with Crippen LogP contribution in [0.2, 0.25) is 0 Å². The Labute approximate surface area is 158 Å². The third kappa shape index (κ3) is 4.68. The number of hydrogen-bond donors (Lipinski definition) is 2. The van der Waals surface area contributed by atoms with Crippen molar-refractivity contribution >= 4 is 11.8 Å². The highest BCUT2D eigenvalue weighted by Gasteiger charge is 2.13. The monoisotopic (exact) mass is 362 g/mol. The third-order valence-electron chi connectivity index (χ3n) is 4.30. The van der Waals surface area contributed by atoms with Crippen molar-refractivity contribution in [1.82, 2.24) is 10.2 Å². The van der Waals surface area contributed by atoms with Crippen molar-refractivity contribution < 1.29 is 9.53 Å². The summed E-state index contributed by atoms with van der Waals surface area (Å²) in [5.74, 6) is 0. The van der Waals surface area contributed by atoms with Crippen molar-refractivity contribution in [3.63, 3.8) is 0 Å². The zero-order valence-corrected chi connectivity index (χ0v) is 15.3. The first-order chi connectivity index (χ1) is 13.1. The maximum Gasteiger partial charge on any atom is 0.411 e. The van der Waals surface area contributed by atoms with Crippen LogP contribution in [-0.4, -0.2) is 23.4 Å². The molecule has 0 spiro atoms. The van der Waals surface area contributed by atoms with Gasteiger partial charge in [0.05, 0.1) is 24.5 Å². The SMILES string of the molecule is COC(=O)Nc1ccc(-c2cc([C@@H](N)Cc3ccccc3)nnc2C)cc1. The van der Waals surface area contributed by atoms with E-state index in [1.165, 1.54) is 7.11 Å². The molecule has 138 valence electrons. The number of carbonyl (C=O) groups is 1. The Balaban J connectivity index is 1.81. The average Bonchev–Trinajstić information content (AvgIpc) is 2.69. The van der Waals surface area contributed by atoms with E-state index in [1.807, 2.05) is 55.5 Å². The summed E-state index contributed by atoms with van der Waals surface area (Å²) in [5, 5.41) is 11.2. The number of aromatic nitrogens is 2. The van der Waals surface area contributed by atoms with Crippen molar-refractivity contribution in [3.05, 3.63) is 77.6 Å². The van der Waals surface area contributed by atoms with Crippen LogP contribution >= 0.6 is 0 Å². The number of nitrogens with two attached hydrogens (primary N) is 1. The largest absolute Gasteiger partial charge is 0.453 e. The van der Waals surface area contributed by atoms with E-state index >= 15 is 0 Å². The minimum atomic E-state index is -0.501. The van der Waals surface area contributed by atoms with Gasteiger partial charge in [-0.3, -0.25) is 5.32 Å². The molecule has 3 aromatic rings. The third-order valence-corrected chi connectivity index (χ3v) is 4.30. The lowest BCUT2D eigenvalue weighted by atomic mass is 9.99. The number of anilines is 1. The molecule has 6 heteroatoms. The highest BCUT2D eigenvalue weighted by atomic mass is 16.5. The van der Waals surface area contributed by atoms with Crippen molar-refractivity contribution in [2.75, 3.05) is 12.4 Å². The minimum Gasteiger partial charge on any atom is -0.453 e. The Hall–Kier alpha value is -3.25. The maximum atomic E-state index is 11.3. The number of carbonyl (C=O) groups excluding carboxylic acids is 1. The summed E-state index contributed by atoms with van der Waals surface area (Å²) < 4.78 is 4.60. The molecule has 27 heavy (non-hydrogen) atoms. The van der Waals surface area contributed by atoms with Gasteiger partial charge in [0.1, 0.15) is 0 Å². The zero-order valence-electron chi connectivity index (χ0n) is 15.3. The molecule has 1 atom stereocenters. The number of methoxy groups -OCH3 is 1. The van der Waals surface area contributed by atoms with Gasteiger partial charge in [-0.1, -0.05) is 42.5 Å². The zero-order chi connectivity index (χ0) is 19.2. The van der Waals surface area contributed by atoms with Gasteiger partial charge in [-0.2, -0.15) is 10.2 Å². The number of benzene rings is 2. The fourth-order valence-electron chi connectivity index (χ4n) is 2.82. The van der Waals surface area contributed by atoms with Crippen molar-refractivity contribution in [2.45, 2.75) is 19.4 Å². The molecule has 3 rings (SSSR count). The van der Waals surface area contributed by atoms with Crippen molar-refractivity contribution in [1.29, 1.82) is 0 Å². The molecule has 1 heterocycles. The van der Waals surface area contributed by atoms with Crippen LogP contribution in [0.25, 0.3) is 11.1 Å². The van der Waals surface area contributed by atoms with Crippen LogP contribution in [0.15, 0.2) is 60.7 Å². The van der Waals surface area contributed by atoms with E-state index in [0.29, 0.717) is 12.1 Å². The summed E-state index contributed by atoms with van der Waals surface area (Å²) in [6, 6.07) is 19.3. The molecule has 0 unspecified atom stereocenters. The van der Waals surface area contributed by atoms with E-state index in [0.717, 1.165) is 28.1 Å². The van der Waals surface area contributed by atoms with E-state index in [9.17, 15) is 4.79 Å². The molecule has 0 radical (unpaired) electrons. The summed E-state index contributed by atoms with van der Waals surface area (Å²) in [7, 11) is 1.33. The minimum absolute atomic E-state index is 0.237. The predicted molar refractivity (Wildman–Crippen MR) is 105 cm³/mol. The molecule has 0 fully saturated rings. The second-order valence-electron chi connectivity index (χ2n) is 6.26. The predicted octanol–water partition coefficient (Wildman–Crippen LogP) is 3.87. The van der Waals surface area contributed by atoms with Crippen LogP contribution in [0.5, 0.6) is 0 Å². The molecular formula is C21H22N4O2. The maximum absolute atomic E-state index is 11.3. The number of amides is 1. The van der Waals surface area contributed by atoms with Crippen LogP contribution < -0.4 is 11.1 Å². The Morgan fingerprint density at radius 3 is 2.48 bits per heavy atom. The fraction of sp³-hybridized carbons (Fsp3) is 0.190. The number of aryl methyl sites for hydroxylation is 1. The van der Waals surface area contributed by atoms with Crippen LogP contribution in [-0.2, 0) is 11.2 Å². The Kier molecular flexibility index (Phi) is 5.78. The summed E-state index contributed by atoms with van der Waals surface area (Å²) in [4.78, 5) is 11.3. The number of nitrogens with one attached hydrogen (secondary N) is 1. The molecular weight excluding hydrogens is 340 g/mol. The number of hydrogen-bond acceptors (Lipinski definition) is 5. The molecule has 0 bridgehead atoms. The van der Waals surface area contributed by atoms with Gasteiger partial charge in [0.2, 0.25) is 0 Å². The summed E-state index contributed by atoms with van der Waals surface area (Å²) >= 11 is 0. The quantitative estimate of drug-likeness (QED) is 0.719. The van der Waals surface area contributed by atoms with Gasteiger partial charge in [-0.15, -0.1) is 0 Å². The van der Waals surface area contributed by atoms with Crippen LogP contribution in [0.3, 0.4) is 0 Å². The molecule has 3 N–H and O–H groups in total. The molecule has 1 amide bonds. The van der Waals surface area contributed by atoms with Crippen LogP contribution in [0.1, 0.15) is 23.0 Å². The van der Waals surface area contributed by atoms with E-state index in [2.05, 4.69) is 32.4 Å². The van der Waals surface area contributed by atoms with E-state index in [1.54, 1.807) is 0 Å². The molecule has 2 aromatic carbocycles. The lowest BCUT2D eigenvalue weighted by Crippen LogP contribution is -2.16. The summed E-state index contributed by atoms with van der Waals surface area (Å²) in [6.45, 7) is 1.91. The first-order valence-corrected chi connectivity index (χ1v) is 8.66. The average molecular weight is 362 g/mol. The number of ether oxygens (including phenoxy) is 1. The summed E-state index contributed by atoms with van der Waals surface area (Å²) in [5.41, 5.74) is 11.7. The van der Waals surface area contributed by atoms with Crippen LogP contribution in [0, 0.1) is 6.92 Å². The highest BCUT2D eigenvalue weighted by Crippen LogP contribution is 2.26. The first kappa shape index (κ1) is 18.5. The topological polar surface area (TPSA) is 90.1 Å². The second kappa shape index (κ2) is 8.42. The van der Waals surface area contributed by atoms with E-state index in [4.69, 9.17) is 5.73 Å². The van der Waals surface area contributed by atoms with Gasteiger partial charge >= 0.3 is 6.09 Å². The fourth-order valence-corrected chi connectivity index (χ4v) is 2.82. The van der Waals surface area contributed by atoms with E-state index in [-0.39, 0.29) is 6.04 Å². The number of nitrogens with zero attached hydrogens (tertiary/aromatic N) is 2. The molecule has 0 saturated carbocycles. The van der Waals surface area contributed by atoms with Gasteiger partial charge in [0, 0.05) is 11.3 Å². The lowest BCUT2D eigenvalue weighted by Gasteiger charge is -2.13. The van der Waals surface area contributed by atoms with Gasteiger partial charge in [0.25, 0.3) is 0 Å². The highest BCUT2D eigenvalue weighted by molar-refractivity contribution is 5.85. The van der Waals surface area contributed by atoms with Gasteiger partial charge in [-0.25, -0.2) is 4.79 Å². The Morgan fingerprint density at radius 2 is 1.81 bits per heavy atom. The van der Waals surface area contributed by atoms with Gasteiger partial charge in [0.15, 0.2) is 0 Å². The van der Waals surface area contributed by atoms with Crippen LogP contribution in [0.4, 0.5) is 10.5 Å². The Bertz CT molecular complexity index is 911. The van der Waals surface area contributed by atoms with E-state index < -0.39 is 6.09 Å². The lowest BCUT2D eigenvalue weighted by molar-refractivity contribution is 0.187.